The predicted octanol–water partition coefficient (Wildman–Crippen LogP) is 2.75. The summed E-state index contributed by atoms with van der Waals surface area (Å²) in [5.74, 6) is 2.53. The number of hydrogen-bond acceptors (Lipinski definition) is 4. The molecule has 1 aromatic rings. The standard InChI is InChI=1S/C13H21N3OS2/c1-9(12-14-7-10(2)19-12)6-15-13(17)16-11-4-3-5-18-8-11/h7,9,11H,3-6,8H2,1-2H3,(H2,15,16,17)/t9-,11-/m1/s1. The van der Waals surface area contributed by atoms with E-state index >= 15 is 0 Å². The van der Waals surface area contributed by atoms with Crippen molar-refractivity contribution in [3.63, 3.8) is 0 Å². The van der Waals surface area contributed by atoms with Crippen molar-refractivity contribution in [3.8, 4) is 0 Å². The molecule has 0 radical (unpaired) electrons. The van der Waals surface area contributed by atoms with Crippen molar-refractivity contribution in [2.75, 3.05) is 18.1 Å². The molecule has 1 saturated heterocycles. The third kappa shape index (κ3) is 4.69. The Morgan fingerprint density at radius 1 is 1.63 bits per heavy atom. The summed E-state index contributed by atoms with van der Waals surface area (Å²) in [6.07, 6.45) is 4.18. The molecule has 2 rings (SSSR count). The molecule has 106 valence electrons. The number of aryl methyl sites for hydroxylation is 1. The van der Waals surface area contributed by atoms with E-state index in [0.717, 1.165) is 17.2 Å². The molecular formula is C13H21N3OS2. The molecule has 1 aliphatic heterocycles. The van der Waals surface area contributed by atoms with Crippen LogP contribution in [0.3, 0.4) is 0 Å². The van der Waals surface area contributed by atoms with E-state index in [2.05, 4.69) is 29.5 Å². The van der Waals surface area contributed by atoms with Crippen molar-refractivity contribution in [3.05, 3.63) is 16.1 Å². The van der Waals surface area contributed by atoms with E-state index in [-0.39, 0.29) is 11.9 Å². The number of thioether (sulfide) groups is 1. The Bertz CT molecular complexity index is 416. The fraction of sp³-hybridized carbons (Fsp3) is 0.692. The van der Waals surface area contributed by atoms with E-state index in [1.54, 1.807) is 11.3 Å². The molecule has 2 atom stereocenters. The lowest BCUT2D eigenvalue weighted by atomic mass is 10.2. The van der Waals surface area contributed by atoms with Crippen molar-refractivity contribution in [1.82, 2.24) is 15.6 Å². The largest absolute Gasteiger partial charge is 0.337 e. The van der Waals surface area contributed by atoms with Crippen molar-refractivity contribution >= 4 is 29.1 Å². The van der Waals surface area contributed by atoms with Crippen LogP contribution in [0.4, 0.5) is 4.79 Å². The fourth-order valence-corrected chi connectivity index (χ4v) is 3.92. The first-order valence-corrected chi connectivity index (χ1v) is 8.66. The Kier molecular flexibility index (Phi) is 5.51. The fourth-order valence-electron chi connectivity index (χ4n) is 2.02. The smallest absolute Gasteiger partial charge is 0.315 e. The molecule has 19 heavy (non-hydrogen) atoms. The summed E-state index contributed by atoms with van der Waals surface area (Å²) >= 11 is 3.62. The molecule has 0 aliphatic carbocycles. The Balaban J connectivity index is 1.70. The van der Waals surface area contributed by atoms with Crippen LogP contribution in [0, 0.1) is 6.92 Å². The Hall–Kier alpha value is -0.750. The number of carbonyl (C=O) groups excluding carboxylic acids is 1. The van der Waals surface area contributed by atoms with Gasteiger partial charge >= 0.3 is 6.03 Å². The summed E-state index contributed by atoms with van der Waals surface area (Å²) in [5, 5.41) is 7.08. The number of urea groups is 1. The summed E-state index contributed by atoms with van der Waals surface area (Å²) in [4.78, 5) is 17.4. The van der Waals surface area contributed by atoms with Gasteiger partial charge in [-0.2, -0.15) is 11.8 Å². The lowest BCUT2D eigenvalue weighted by molar-refractivity contribution is 0.236. The van der Waals surface area contributed by atoms with E-state index < -0.39 is 0 Å². The van der Waals surface area contributed by atoms with Crippen LogP contribution in [0.15, 0.2) is 6.20 Å². The second kappa shape index (κ2) is 7.14. The Morgan fingerprint density at radius 2 is 2.47 bits per heavy atom. The van der Waals surface area contributed by atoms with Crippen LogP contribution in [0.2, 0.25) is 0 Å². The molecule has 2 N–H and O–H groups in total. The molecule has 4 nitrogen and oxygen atoms in total. The SMILES string of the molecule is Cc1cnc([C@H](C)CNC(=O)N[C@@H]2CCCSC2)s1. The maximum atomic E-state index is 11.8. The molecule has 0 aromatic carbocycles. The lowest BCUT2D eigenvalue weighted by Gasteiger charge is -2.23. The average Bonchev–Trinajstić information content (AvgIpc) is 2.84. The van der Waals surface area contributed by atoms with Gasteiger partial charge in [0.15, 0.2) is 0 Å². The molecule has 0 unspecified atom stereocenters. The van der Waals surface area contributed by atoms with Crippen LogP contribution in [0.1, 0.15) is 35.6 Å². The molecule has 0 spiro atoms. The summed E-state index contributed by atoms with van der Waals surface area (Å²) in [5.41, 5.74) is 0. The minimum Gasteiger partial charge on any atom is -0.337 e. The highest BCUT2D eigenvalue weighted by Gasteiger charge is 2.16. The van der Waals surface area contributed by atoms with Gasteiger partial charge in [-0.3, -0.25) is 0 Å². The summed E-state index contributed by atoms with van der Waals surface area (Å²) in [6, 6.07) is 0.281. The topological polar surface area (TPSA) is 54.0 Å². The van der Waals surface area contributed by atoms with Gasteiger partial charge in [-0.1, -0.05) is 6.92 Å². The van der Waals surface area contributed by atoms with Crippen LogP contribution in [0.25, 0.3) is 0 Å². The lowest BCUT2D eigenvalue weighted by Crippen LogP contribution is -2.45. The van der Waals surface area contributed by atoms with Gasteiger partial charge in [0.25, 0.3) is 0 Å². The van der Waals surface area contributed by atoms with Gasteiger partial charge in [-0.15, -0.1) is 11.3 Å². The number of rotatable bonds is 4. The maximum Gasteiger partial charge on any atom is 0.315 e. The highest BCUT2D eigenvalue weighted by atomic mass is 32.2. The van der Waals surface area contributed by atoms with Crippen LogP contribution in [-0.2, 0) is 0 Å². The molecule has 0 bridgehead atoms. The third-order valence-corrected chi connectivity index (χ3v) is 5.48. The number of thiazole rings is 1. The molecule has 1 fully saturated rings. The zero-order valence-corrected chi connectivity index (χ0v) is 13.1. The first-order chi connectivity index (χ1) is 9.15. The summed E-state index contributed by atoms with van der Waals surface area (Å²) in [6.45, 7) is 4.78. The highest BCUT2D eigenvalue weighted by Crippen LogP contribution is 2.20. The normalized spacial score (nSPS) is 20.8. The monoisotopic (exact) mass is 299 g/mol. The Morgan fingerprint density at radius 3 is 3.11 bits per heavy atom. The predicted molar refractivity (Wildman–Crippen MR) is 82.1 cm³/mol. The van der Waals surface area contributed by atoms with Gasteiger partial charge in [-0.25, -0.2) is 9.78 Å². The van der Waals surface area contributed by atoms with Crippen LogP contribution >= 0.6 is 23.1 Å². The van der Waals surface area contributed by atoms with Gasteiger partial charge in [-0.05, 0) is 25.5 Å². The number of amides is 2. The van der Waals surface area contributed by atoms with Crippen molar-refractivity contribution in [2.45, 2.75) is 38.6 Å². The van der Waals surface area contributed by atoms with Crippen molar-refractivity contribution < 1.29 is 4.79 Å². The Labute approximate surface area is 122 Å². The number of hydrogen-bond donors (Lipinski definition) is 2. The van der Waals surface area contributed by atoms with Gasteiger partial charge < -0.3 is 10.6 Å². The third-order valence-electron chi connectivity index (χ3n) is 3.13. The number of carbonyl (C=O) groups is 1. The minimum absolute atomic E-state index is 0.0485. The van der Waals surface area contributed by atoms with Gasteiger partial charge in [0, 0.05) is 35.3 Å². The van der Waals surface area contributed by atoms with Crippen molar-refractivity contribution in [1.29, 1.82) is 0 Å². The van der Waals surface area contributed by atoms with E-state index in [1.807, 2.05) is 18.0 Å². The van der Waals surface area contributed by atoms with Gasteiger partial charge in [0.2, 0.25) is 0 Å². The molecular weight excluding hydrogens is 278 g/mol. The molecule has 2 amide bonds. The van der Waals surface area contributed by atoms with Gasteiger partial charge in [0.1, 0.15) is 0 Å². The zero-order chi connectivity index (χ0) is 13.7. The van der Waals surface area contributed by atoms with E-state index in [0.29, 0.717) is 12.6 Å². The summed E-state index contributed by atoms with van der Waals surface area (Å²) < 4.78 is 0. The number of aromatic nitrogens is 1. The van der Waals surface area contributed by atoms with Crippen molar-refractivity contribution in [2.24, 2.45) is 0 Å². The maximum absolute atomic E-state index is 11.8. The second-order valence-electron chi connectivity index (χ2n) is 4.98. The van der Waals surface area contributed by atoms with E-state index in [9.17, 15) is 4.79 Å². The van der Waals surface area contributed by atoms with Crippen LogP contribution in [-0.4, -0.2) is 35.1 Å². The van der Waals surface area contributed by atoms with E-state index in [4.69, 9.17) is 0 Å². The number of nitrogens with zero attached hydrogens (tertiary/aromatic N) is 1. The minimum atomic E-state index is -0.0485. The first kappa shape index (κ1) is 14.7. The molecule has 1 aromatic heterocycles. The molecule has 6 heteroatoms. The van der Waals surface area contributed by atoms with Crippen LogP contribution < -0.4 is 10.6 Å². The first-order valence-electron chi connectivity index (χ1n) is 6.69. The van der Waals surface area contributed by atoms with Gasteiger partial charge in [0.05, 0.1) is 5.01 Å². The molecule has 0 saturated carbocycles. The van der Waals surface area contributed by atoms with Crippen LogP contribution in [0.5, 0.6) is 0 Å². The molecule has 2 heterocycles. The second-order valence-corrected chi connectivity index (χ2v) is 7.39. The van der Waals surface area contributed by atoms with E-state index in [1.165, 1.54) is 17.1 Å². The number of nitrogens with one attached hydrogen (secondary N) is 2. The molecule has 1 aliphatic rings. The highest BCUT2D eigenvalue weighted by molar-refractivity contribution is 7.99. The quantitative estimate of drug-likeness (QED) is 0.899. The summed E-state index contributed by atoms with van der Waals surface area (Å²) in [7, 11) is 0. The average molecular weight is 299 g/mol. The zero-order valence-electron chi connectivity index (χ0n) is 11.4.